The number of carbonyl (C=O) groups excluding carboxylic acids is 1. The van der Waals surface area contributed by atoms with Gasteiger partial charge in [-0.25, -0.2) is 8.42 Å². The van der Waals surface area contributed by atoms with Crippen molar-refractivity contribution in [2.24, 2.45) is 0 Å². The van der Waals surface area contributed by atoms with E-state index in [0.717, 1.165) is 38.5 Å². The first-order chi connectivity index (χ1) is 8.39. The summed E-state index contributed by atoms with van der Waals surface area (Å²) in [5.74, 6) is -3.76. The van der Waals surface area contributed by atoms with E-state index in [2.05, 4.69) is 5.32 Å². The van der Waals surface area contributed by atoms with E-state index in [1.54, 1.807) is 0 Å². The molecule has 7 heteroatoms. The van der Waals surface area contributed by atoms with Crippen LogP contribution < -0.4 is 5.32 Å². The van der Waals surface area contributed by atoms with E-state index >= 15 is 0 Å². The van der Waals surface area contributed by atoms with Gasteiger partial charge in [0.1, 0.15) is 11.5 Å². The fourth-order valence-electron chi connectivity index (χ4n) is 2.13. The molecule has 0 radical (unpaired) electrons. The molecule has 6 nitrogen and oxygen atoms in total. The van der Waals surface area contributed by atoms with Crippen LogP contribution >= 0.6 is 0 Å². The van der Waals surface area contributed by atoms with Crippen molar-refractivity contribution in [3.8, 4) is 0 Å². The Balaban J connectivity index is 2.43. The molecule has 0 aromatic rings. The van der Waals surface area contributed by atoms with Crippen LogP contribution in [-0.2, 0) is 19.4 Å². The van der Waals surface area contributed by atoms with E-state index in [-0.39, 0.29) is 6.04 Å². The fourth-order valence-corrected chi connectivity index (χ4v) is 3.09. The average molecular weight is 277 g/mol. The van der Waals surface area contributed by atoms with E-state index in [4.69, 9.17) is 5.11 Å². The average Bonchev–Trinajstić information content (AvgIpc) is 2.42. The molecule has 0 heterocycles. The molecule has 1 fully saturated rings. The zero-order valence-corrected chi connectivity index (χ0v) is 11.0. The third-order valence-corrected chi connectivity index (χ3v) is 4.30. The van der Waals surface area contributed by atoms with Crippen molar-refractivity contribution in [3.63, 3.8) is 0 Å². The van der Waals surface area contributed by atoms with Crippen LogP contribution in [0.4, 0.5) is 0 Å². The summed E-state index contributed by atoms with van der Waals surface area (Å²) in [6.07, 6.45) is 6.09. The number of rotatable bonds is 5. The monoisotopic (exact) mass is 277 g/mol. The maximum atomic E-state index is 11.5. The van der Waals surface area contributed by atoms with Crippen LogP contribution in [0, 0.1) is 0 Å². The number of amides is 1. The molecule has 1 aliphatic carbocycles. The van der Waals surface area contributed by atoms with E-state index < -0.39 is 33.2 Å². The maximum Gasteiger partial charge on any atom is 0.318 e. The van der Waals surface area contributed by atoms with Gasteiger partial charge in [-0.15, -0.1) is 0 Å². The molecule has 104 valence electrons. The Kier molecular flexibility index (Phi) is 5.58. The Labute approximate surface area is 107 Å². The van der Waals surface area contributed by atoms with Gasteiger partial charge < -0.3 is 10.4 Å². The Bertz CT molecular complexity index is 396. The number of carbonyl (C=O) groups is 2. The minimum Gasteiger partial charge on any atom is -0.480 e. The second-order valence-corrected chi connectivity index (χ2v) is 6.75. The minimum absolute atomic E-state index is 0.0278. The first kappa shape index (κ1) is 14.9. The second kappa shape index (κ2) is 6.72. The van der Waals surface area contributed by atoms with Crippen LogP contribution in [-0.4, -0.2) is 42.9 Å². The quantitative estimate of drug-likeness (QED) is 0.705. The van der Waals surface area contributed by atoms with Gasteiger partial charge in [0.05, 0.1) is 0 Å². The summed E-state index contributed by atoms with van der Waals surface area (Å²) < 4.78 is 22.6. The number of sulfone groups is 1. The maximum absolute atomic E-state index is 11.5. The zero-order valence-electron chi connectivity index (χ0n) is 10.2. The van der Waals surface area contributed by atoms with Gasteiger partial charge in [0.15, 0.2) is 9.84 Å². The number of carboxylic acid groups (broad SMARTS) is 1. The number of nitrogens with one attached hydrogen (secondary N) is 1. The van der Waals surface area contributed by atoms with Gasteiger partial charge in [-0.3, -0.25) is 9.59 Å². The van der Waals surface area contributed by atoms with Crippen LogP contribution in [0.1, 0.15) is 38.5 Å². The van der Waals surface area contributed by atoms with Crippen molar-refractivity contribution >= 4 is 21.7 Å². The molecule has 0 bridgehead atoms. The molecular weight excluding hydrogens is 258 g/mol. The number of aliphatic carboxylic acids is 1. The first-order valence-corrected chi connectivity index (χ1v) is 7.93. The van der Waals surface area contributed by atoms with Gasteiger partial charge in [-0.1, -0.05) is 25.7 Å². The molecule has 0 atom stereocenters. The highest BCUT2D eigenvalue weighted by Crippen LogP contribution is 2.17. The molecule has 0 aromatic heterocycles. The fraction of sp³-hybridized carbons (Fsp3) is 0.818. The van der Waals surface area contributed by atoms with Crippen LogP contribution in [0.15, 0.2) is 0 Å². The highest BCUT2D eigenvalue weighted by molar-refractivity contribution is 7.92. The standard InChI is InChI=1S/C11H19NO5S/c13-10(7-18(16,17)8-11(14)15)12-9-5-3-1-2-4-6-9/h9H,1-8H2,(H,12,13)(H,14,15). The molecule has 0 aliphatic heterocycles. The molecule has 0 spiro atoms. The Morgan fingerprint density at radius 3 is 2.11 bits per heavy atom. The Morgan fingerprint density at radius 2 is 1.61 bits per heavy atom. The molecule has 18 heavy (non-hydrogen) atoms. The highest BCUT2D eigenvalue weighted by atomic mass is 32.2. The van der Waals surface area contributed by atoms with Gasteiger partial charge in [0.25, 0.3) is 0 Å². The summed E-state index contributed by atoms with van der Waals surface area (Å²) in [6, 6.07) is 0.0278. The summed E-state index contributed by atoms with van der Waals surface area (Å²) in [4.78, 5) is 21.9. The van der Waals surface area contributed by atoms with Crippen LogP contribution in [0.3, 0.4) is 0 Å². The topological polar surface area (TPSA) is 101 Å². The third-order valence-electron chi connectivity index (χ3n) is 2.91. The predicted octanol–water partition coefficient (Wildman–Crippen LogP) is 0.325. The number of hydrogen-bond acceptors (Lipinski definition) is 4. The molecular formula is C11H19NO5S. The van der Waals surface area contributed by atoms with Gasteiger partial charge in [-0.05, 0) is 12.8 Å². The lowest BCUT2D eigenvalue weighted by Gasteiger charge is -2.15. The lowest BCUT2D eigenvalue weighted by molar-refractivity contribution is -0.134. The molecule has 0 saturated heterocycles. The van der Waals surface area contributed by atoms with E-state index in [1.165, 1.54) is 0 Å². The lowest BCUT2D eigenvalue weighted by atomic mass is 10.1. The van der Waals surface area contributed by atoms with Crippen molar-refractivity contribution in [1.29, 1.82) is 0 Å². The summed E-state index contributed by atoms with van der Waals surface area (Å²) in [7, 11) is -3.85. The van der Waals surface area contributed by atoms with Crippen molar-refractivity contribution in [2.45, 2.75) is 44.6 Å². The largest absolute Gasteiger partial charge is 0.480 e. The Hall–Kier alpha value is -1.11. The highest BCUT2D eigenvalue weighted by Gasteiger charge is 2.22. The first-order valence-electron chi connectivity index (χ1n) is 6.10. The summed E-state index contributed by atoms with van der Waals surface area (Å²) >= 11 is 0. The summed E-state index contributed by atoms with van der Waals surface area (Å²) in [5.41, 5.74) is 0. The molecule has 0 unspecified atom stereocenters. The number of carboxylic acids is 1. The molecule has 1 rings (SSSR count). The molecule has 0 aromatic carbocycles. The van der Waals surface area contributed by atoms with Crippen LogP contribution in [0.2, 0.25) is 0 Å². The molecule has 1 aliphatic rings. The van der Waals surface area contributed by atoms with E-state index in [9.17, 15) is 18.0 Å². The molecule has 1 amide bonds. The normalized spacial score (nSPS) is 18.0. The van der Waals surface area contributed by atoms with Gasteiger partial charge in [0, 0.05) is 6.04 Å². The van der Waals surface area contributed by atoms with Crippen molar-refractivity contribution < 1.29 is 23.1 Å². The van der Waals surface area contributed by atoms with Gasteiger partial charge >= 0.3 is 5.97 Å². The van der Waals surface area contributed by atoms with Gasteiger partial charge in [0.2, 0.25) is 5.91 Å². The third kappa shape index (κ3) is 6.00. The number of hydrogen-bond donors (Lipinski definition) is 2. The SMILES string of the molecule is O=C(O)CS(=O)(=O)CC(=O)NC1CCCCCC1. The summed E-state index contributed by atoms with van der Waals surface area (Å²) in [6.45, 7) is 0. The predicted molar refractivity (Wildman–Crippen MR) is 65.9 cm³/mol. The van der Waals surface area contributed by atoms with E-state index in [1.807, 2.05) is 0 Å². The zero-order chi connectivity index (χ0) is 13.6. The van der Waals surface area contributed by atoms with Crippen LogP contribution in [0.25, 0.3) is 0 Å². The minimum atomic E-state index is -3.85. The van der Waals surface area contributed by atoms with Crippen molar-refractivity contribution in [1.82, 2.24) is 5.32 Å². The lowest BCUT2D eigenvalue weighted by Crippen LogP contribution is -2.39. The van der Waals surface area contributed by atoms with Crippen LogP contribution in [0.5, 0.6) is 0 Å². The molecule has 1 saturated carbocycles. The van der Waals surface area contributed by atoms with Gasteiger partial charge in [-0.2, -0.15) is 0 Å². The van der Waals surface area contributed by atoms with Crippen molar-refractivity contribution in [2.75, 3.05) is 11.5 Å². The Morgan fingerprint density at radius 1 is 1.06 bits per heavy atom. The van der Waals surface area contributed by atoms with E-state index in [0.29, 0.717) is 0 Å². The molecule has 2 N–H and O–H groups in total. The summed E-state index contributed by atoms with van der Waals surface area (Å²) in [5, 5.41) is 11.1. The smallest absolute Gasteiger partial charge is 0.318 e. The second-order valence-electron chi connectivity index (χ2n) is 4.68. The van der Waals surface area contributed by atoms with Crippen molar-refractivity contribution in [3.05, 3.63) is 0 Å².